The summed E-state index contributed by atoms with van der Waals surface area (Å²) in [6.45, 7) is 1.64. The number of rotatable bonds is 7. The van der Waals surface area contributed by atoms with Gasteiger partial charge in [-0.1, -0.05) is 12.1 Å². The molecule has 0 unspecified atom stereocenters. The number of fused-ring (bicyclic) bond motifs is 1. The summed E-state index contributed by atoms with van der Waals surface area (Å²) in [6, 6.07) is 9.89. The van der Waals surface area contributed by atoms with E-state index in [0.29, 0.717) is 33.8 Å². The van der Waals surface area contributed by atoms with Crippen molar-refractivity contribution in [3.8, 4) is 17.2 Å². The van der Waals surface area contributed by atoms with Gasteiger partial charge in [-0.2, -0.15) is 0 Å². The number of nitrogens with one attached hydrogen (secondary N) is 1. The van der Waals surface area contributed by atoms with E-state index < -0.39 is 11.6 Å². The van der Waals surface area contributed by atoms with E-state index in [4.69, 9.17) is 14.2 Å². The van der Waals surface area contributed by atoms with Gasteiger partial charge in [0.25, 0.3) is 5.56 Å². The Morgan fingerprint density at radius 1 is 0.967 bits per heavy atom. The number of carbonyl (C=O) groups excluding carboxylic acids is 1. The maximum atomic E-state index is 12.8. The Morgan fingerprint density at radius 2 is 1.60 bits per heavy atom. The average molecular weight is 413 g/mol. The Morgan fingerprint density at radius 3 is 2.17 bits per heavy atom. The molecule has 3 rings (SSSR count). The van der Waals surface area contributed by atoms with Crippen LogP contribution in [0.4, 0.5) is 5.69 Å². The zero-order valence-electron chi connectivity index (χ0n) is 17.2. The van der Waals surface area contributed by atoms with E-state index in [1.54, 1.807) is 43.3 Å². The lowest BCUT2D eigenvalue weighted by molar-refractivity contribution is -0.116. The molecule has 0 atom stereocenters. The number of nitrogens with zero attached hydrogens (tertiary/aromatic N) is 2. The molecule has 3 aromatic rings. The highest BCUT2D eigenvalue weighted by molar-refractivity contribution is 5.92. The first-order valence-corrected chi connectivity index (χ1v) is 9.27. The summed E-state index contributed by atoms with van der Waals surface area (Å²) in [6.07, 6.45) is 0. The van der Waals surface area contributed by atoms with Crippen molar-refractivity contribution < 1.29 is 19.0 Å². The zero-order valence-corrected chi connectivity index (χ0v) is 17.2. The molecule has 158 valence electrons. The molecule has 0 fully saturated rings. The molecule has 0 spiro atoms. The minimum atomic E-state index is -0.541. The van der Waals surface area contributed by atoms with Crippen LogP contribution in [0.25, 0.3) is 10.9 Å². The molecule has 1 heterocycles. The van der Waals surface area contributed by atoms with Crippen molar-refractivity contribution in [3.63, 3.8) is 0 Å². The van der Waals surface area contributed by atoms with Crippen LogP contribution in [0.3, 0.4) is 0 Å². The summed E-state index contributed by atoms with van der Waals surface area (Å²) in [5, 5.41) is 3.11. The lowest BCUT2D eigenvalue weighted by Gasteiger charge is -2.16. The van der Waals surface area contributed by atoms with E-state index in [9.17, 15) is 14.4 Å². The molecule has 0 saturated heterocycles. The highest BCUT2D eigenvalue weighted by Crippen LogP contribution is 2.39. The number of aromatic nitrogens is 2. The maximum absolute atomic E-state index is 12.8. The van der Waals surface area contributed by atoms with Gasteiger partial charge in [-0.05, 0) is 19.1 Å². The SMILES string of the molecule is CCn1c(=O)c2ccccc2n(CC(=O)Nc2cc(OC)c(OC)c(OC)c2)c1=O. The topological polar surface area (TPSA) is 101 Å². The van der Waals surface area contributed by atoms with Crippen LogP contribution in [-0.4, -0.2) is 36.4 Å². The van der Waals surface area contributed by atoms with Crippen molar-refractivity contribution in [3.05, 3.63) is 57.2 Å². The number of amides is 1. The molecule has 0 radical (unpaired) electrons. The molecule has 1 N–H and O–H groups in total. The molecule has 0 aliphatic carbocycles. The summed E-state index contributed by atoms with van der Waals surface area (Å²) in [7, 11) is 4.43. The van der Waals surface area contributed by atoms with Crippen LogP contribution in [-0.2, 0) is 17.9 Å². The lowest BCUT2D eigenvalue weighted by Crippen LogP contribution is -2.41. The van der Waals surface area contributed by atoms with Crippen LogP contribution in [0.5, 0.6) is 17.2 Å². The van der Waals surface area contributed by atoms with Crippen LogP contribution in [0.1, 0.15) is 6.92 Å². The molecular weight excluding hydrogens is 390 g/mol. The minimum absolute atomic E-state index is 0.205. The zero-order chi connectivity index (χ0) is 21.8. The average Bonchev–Trinajstić information content (AvgIpc) is 2.76. The van der Waals surface area contributed by atoms with Gasteiger partial charge in [0, 0.05) is 24.4 Å². The Labute approximate surface area is 172 Å². The highest BCUT2D eigenvalue weighted by Gasteiger charge is 2.17. The highest BCUT2D eigenvalue weighted by atomic mass is 16.5. The molecular formula is C21H23N3O6. The Hall–Kier alpha value is -3.75. The Kier molecular flexibility index (Phi) is 6.10. The third-order valence-corrected chi connectivity index (χ3v) is 4.70. The Bertz CT molecular complexity index is 1190. The first-order chi connectivity index (χ1) is 14.4. The fourth-order valence-corrected chi connectivity index (χ4v) is 3.30. The second kappa shape index (κ2) is 8.73. The molecule has 30 heavy (non-hydrogen) atoms. The van der Waals surface area contributed by atoms with Gasteiger partial charge in [0.1, 0.15) is 6.54 Å². The van der Waals surface area contributed by atoms with Gasteiger partial charge in [-0.15, -0.1) is 0 Å². The van der Waals surface area contributed by atoms with E-state index in [-0.39, 0.29) is 18.6 Å². The molecule has 0 saturated carbocycles. The second-order valence-corrected chi connectivity index (χ2v) is 6.40. The minimum Gasteiger partial charge on any atom is -0.493 e. The third-order valence-electron chi connectivity index (χ3n) is 4.70. The second-order valence-electron chi connectivity index (χ2n) is 6.40. The first-order valence-electron chi connectivity index (χ1n) is 9.27. The number of ether oxygens (including phenoxy) is 3. The predicted octanol–water partition coefficient (Wildman–Crippen LogP) is 1.85. The van der Waals surface area contributed by atoms with E-state index >= 15 is 0 Å². The van der Waals surface area contributed by atoms with Crippen molar-refractivity contribution >= 4 is 22.5 Å². The van der Waals surface area contributed by atoms with Crippen molar-refractivity contribution in [1.29, 1.82) is 0 Å². The van der Waals surface area contributed by atoms with E-state index in [1.807, 2.05) is 0 Å². The number of methoxy groups -OCH3 is 3. The molecule has 1 amide bonds. The van der Waals surface area contributed by atoms with Crippen LogP contribution in [0.15, 0.2) is 46.0 Å². The van der Waals surface area contributed by atoms with Gasteiger partial charge >= 0.3 is 5.69 Å². The smallest absolute Gasteiger partial charge is 0.331 e. The lowest BCUT2D eigenvalue weighted by atomic mass is 10.2. The first kappa shape index (κ1) is 21.0. The molecule has 1 aromatic heterocycles. The van der Waals surface area contributed by atoms with Crippen LogP contribution in [0.2, 0.25) is 0 Å². The van der Waals surface area contributed by atoms with Crippen LogP contribution >= 0.6 is 0 Å². The van der Waals surface area contributed by atoms with Gasteiger partial charge in [0.05, 0.1) is 32.2 Å². The van der Waals surface area contributed by atoms with Gasteiger partial charge < -0.3 is 19.5 Å². The van der Waals surface area contributed by atoms with Crippen molar-refractivity contribution in [1.82, 2.24) is 9.13 Å². The molecule has 0 aliphatic rings. The Balaban J connectivity index is 1.99. The quantitative estimate of drug-likeness (QED) is 0.634. The molecule has 0 bridgehead atoms. The predicted molar refractivity (Wildman–Crippen MR) is 113 cm³/mol. The van der Waals surface area contributed by atoms with E-state index in [1.165, 1.54) is 25.9 Å². The van der Waals surface area contributed by atoms with Gasteiger partial charge in [-0.25, -0.2) is 4.79 Å². The van der Waals surface area contributed by atoms with Crippen molar-refractivity contribution in [2.75, 3.05) is 26.6 Å². The number of hydrogen-bond acceptors (Lipinski definition) is 6. The summed E-state index contributed by atoms with van der Waals surface area (Å²) in [5.74, 6) is 0.719. The number of benzene rings is 2. The van der Waals surface area contributed by atoms with E-state index in [0.717, 1.165) is 4.57 Å². The standard InChI is InChI=1S/C21H23N3O6/c1-5-23-20(26)14-8-6-7-9-15(14)24(21(23)27)12-18(25)22-13-10-16(28-2)19(30-4)17(11-13)29-3/h6-11H,5,12H2,1-4H3,(H,22,25). The van der Waals surface area contributed by atoms with Gasteiger partial charge in [0.2, 0.25) is 11.7 Å². The number of hydrogen-bond donors (Lipinski definition) is 1. The van der Waals surface area contributed by atoms with Gasteiger partial charge in [0.15, 0.2) is 11.5 Å². The molecule has 9 nitrogen and oxygen atoms in total. The molecule has 2 aromatic carbocycles. The summed E-state index contributed by atoms with van der Waals surface area (Å²) >= 11 is 0. The largest absolute Gasteiger partial charge is 0.493 e. The van der Waals surface area contributed by atoms with Crippen molar-refractivity contribution in [2.45, 2.75) is 20.0 Å². The van der Waals surface area contributed by atoms with Crippen LogP contribution < -0.4 is 30.8 Å². The fourth-order valence-electron chi connectivity index (χ4n) is 3.30. The van der Waals surface area contributed by atoms with Gasteiger partial charge in [-0.3, -0.25) is 18.7 Å². The van der Waals surface area contributed by atoms with Crippen molar-refractivity contribution in [2.24, 2.45) is 0 Å². The fraction of sp³-hybridized carbons (Fsp3) is 0.286. The maximum Gasteiger partial charge on any atom is 0.331 e. The van der Waals surface area contributed by atoms with Crippen LogP contribution in [0, 0.1) is 0 Å². The molecule has 9 heteroatoms. The number of anilines is 1. The summed E-state index contributed by atoms with van der Waals surface area (Å²) in [4.78, 5) is 38.1. The van der Waals surface area contributed by atoms with E-state index in [2.05, 4.69) is 5.32 Å². The molecule has 0 aliphatic heterocycles. The number of para-hydroxylation sites is 1. The normalized spacial score (nSPS) is 10.7. The third kappa shape index (κ3) is 3.73. The monoisotopic (exact) mass is 413 g/mol. The number of carbonyl (C=O) groups is 1. The summed E-state index contributed by atoms with van der Waals surface area (Å²) < 4.78 is 18.2. The summed E-state index contributed by atoms with van der Waals surface area (Å²) in [5.41, 5.74) is -0.103.